The number of hydrogen-bond donors (Lipinski definition) is 2. The Bertz CT molecular complexity index is 225. The maximum atomic E-state index is 12.1. The third kappa shape index (κ3) is 2.32. The van der Waals surface area contributed by atoms with Crippen molar-refractivity contribution in [3.8, 4) is 0 Å². The Balaban J connectivity index is 1.87. The average Bonchev–Trinajstić information content (AvgIpc) is 2.05. The summed E-state index contributed by atoms with van der Waals surface area (Å²) < 4.78 is 0. The lowest BCUT2D eigenvalue weighted by atomic mass is 9.89. The van der Waals surface area contributed by atoms with Gasteiger partial charge in [0.05, 0.1) is 5.92 Å². The minimum absolute atomic E-state index is 0.180. The van der Waals surface area contributed by atoms with E-state index in [4.69, 9.17) is 5.11 Å². The number of nitrogens with zero attached hydrogens (tertiary/aromatic N) is 1. The molecule has 1 saturated heterocycles. The van der Waals surface area contributed by atoms with Gasteiger partial charge in [-0.2, -0.15) is 0 Å². The number of carbonyl (C=O) groups excluding carboxylic acids is 1. The van der Waals surface area contributed by atoms with Crippen molar-refractivity contribution in [2.75, 3.05) is 26.2 Å². The van der Waals surface area contributed by atoms with Crippen LogP contribution in [0.2, 0.25) is 0 Å². The van der Waals surface area contributed by atoms with Crippen molar-refractivity contribution in [3.05, 3.63) is 0 Å². The van der Waals surface area contributed by atoms with Crippen LogP contribution in [0, 0.1) is 5.92 Å². The third-order valence-corrected chi connectivity index (χ3v) is 3.49. The smallest absolute Gasteiger partial charge is 0.228 e. The highest BCUT2D eigenvalue weighted by atomic mass is 16.3. The number of hydrogen-bond acceptors (Lipinski definition) is 3. The van der Waals surface area contributed by atoms with Crippen LogP contribution in [0.1, 0.15) is 25.7 Å². The van der Waals surface area contributed by atoms with Crippen LogP contribution in [0.5, 0.6) is 0 Å². The molecule has 0 aromatic rings. The molecule has 1 amide bonds. The van der Waals surface area contributed by atoms with E-state index in [2.05, 4.69) is 5.32 Å². The minimum Gasteiger partial charge on any atom is -0.396 e. The molecule has 1 aliphatic carbocycles. The quantitative estimate of drug-likeness (QED) is 0.673. The van der Waals surface area contributed by atoms with E-state index < -0.39 is 0 Å². The van der Waals surface area contributed by atoms with Crippen LogP contribution in [0.3, 0.4) is 0 Å². The number of rotatable bonds is 5. The van der Waals surface area contributed by atoms with E-state index >= 15 is 0 Å². The molecule has 0 bridgehead atoms. The molecule has 0 aromatic heterocycles. The molecule has 0 unspecified atom stereocenters. The van der Waals surface area contributed by atoms with Crippen LogP contribution in [0.25, 0.3) is 0 Å². The molecule has 2 aliphatic rings. The molecule has 1 aliphatic heterocycles. The summed E-state index contributed by atoms with van der Waals surface area (Å²) in [4.78, 5) is 14.1. The van der Waals surface area contributed by atoms with Crippen molar-refractivity contribution < 1.29 is 9.90 Å². The number of nitrogens with one attached hydrogen (secondary N) is 1. The Labute approximate surface area is 90.6 Å². The third-order valence-electron chi connectivity index (χ3n) is 3.49. The molecule has 0 spiro atoms. The van der Waals surface area contributed by atoms with Crippen LogP contribution in [-0.2, 0) is 4.79 Å². The highest BCUT2D eigenvalue weighted by Gasteiger charge is 2.34. The van der Waals surface area contributed by atoms with Gasteiger partial charge in [0.2, 0.25) is 5.91 Å². The standard InChI is InChI=1S/C11H20N2O2/c14-6-2-5-13(10-3-1-4-10)11(15)9-7-12-8-9/h9-10,12,14H,1-8H2. The number of carbonyl (C=O) groups is 1. The first-order valence-electron chi connectivity index (χ1n) is 5.95. The van der Waals surface area contributed by atoms with E-state index in [0.29, 0.717) is 18.4 Å². The molecule has 0 atom stereocenters. The Kier molecular flexibility index (Phi) is 3.59. The summed E-state index contributed by atoms with van der Waals surface area (Å²) in [5.74, 6) is 0.496. The molecular formula is C11H20N2O2. The van der Waals surface area contributed by atoms with Crippen molar-refractivity contribution in [2.45, 2.75) is 31.7 Å². The maximum absolute atomic E-state index is 12.1. The summed E-state index contributed by atoms with van der Waals surface area (Å²) in [6.07, 6.45) is 4.26. The van der Waals surface area contributed by atoms with Gasteiger partial charge in [-0.25, -0.2) is 0 Å². The van der Waals surface area contributed by atoms with Crippen LogP contribution in [-0.4, -0.2) is 48.2 Å². The van der Waals surface area contributed by atoms with Crippen LogP contribution in [0.15, 0.2) is 0 Å². The normalized spacial score (nSPS) is 21.9. The maximum Gasteiger partial charge on any atom is 0.228 e. The second kappa shape index (κ2) is 4.94. The van der Waals surface area contributed by atoms with Crippen molar-refractivity contribution >= 4 is 5.91 Å². The van der Waals surface area contributed by atoms with Gasteiger partial charge in [0.15, 0.2) is 0 Å². The molecule has 15 heavy (non-hydrogen) atoms. The fourth-order valence-electron chi connectivity index (χ4n) is 2.11. The van der Waals surface area contributed by atoms with Crippen LogP contribution < -0.4 is 5.32 Å². The first-order valence-corrected chi connectivity index (χ1v) is 5.95. The lowest BCUT2D eigenvalue weighted by Crippen LogP contribution is -2.55. The van der Waals surface area contributed by atoms with Crippen LogP contribution in [0.4, 0.5) is 0 Å². The zero-order valence-electron chi connectivity index (χ0n) is 9.11. The van der Waals surface area contributed by atoms with Gasteiger partial charge in [-0.1, -0.05) is 0 Å². The lowest BCUT2D eigenvalue weighted by Gasteiger charge is -2.41. The first-order chi connectivity index (χ1) is 7.33. The van der Waals surface area contributed by atoms with E-state index in [1.54, 1.807) is 0 Å². The van der Waals surface area contributed by atoms with E-state index in [-0.39, 0.29) is 12.5 Å². The van der Waals surface area contributed by atoms with Crippen LogP contribution >= 0.6 is 0 Å². The summed E-state index contributed by atoms with van der Waals surface area (Å²) in [7, 11) is 0. The molecule has 2 N–H and O–H groups in total. The number of aliphatic hydroxyl groups excluding tert-OH is 1. The first kappa shape index (κ1) is 10.9. The second-order valence-electron chi connectivity index (χ2n) is 4.55. The summed E-state index contributed by atoms with van der Waals surface area (Å²) in [5.41, 5.74) is 0. The predicted molar refractivity (Wildman–Crippen MR) is 57.4 cm³/mol. The summed E-state index contributed by atoms with van der Waals surface area (Å²) >= 11 is 0. The van der Waals surface area contributed by atoms with Crippen molar-refractivity contribution in [1.29, 1.82) is 0 Å². The zero-order chi connectivity index (χ0) is 10.7. The summed E-state index contributed by atoms with van der Waals surface area (Å²) in [6, 6.07) is 0.463. The molecule has 4 nitrogen and oxygen atoms in total. The monoisotopic (exact) mass is 212 g/mol. The minimum atomic E-state index is 0.180. The Morgan fingerprint density at radius 2 is 2.13 bits per heavy atom. The zero-order valence-corrected chi connectivity index (χ0v) is 9.11. The van der Waals surface area contributed by atoms with Gasteiger partial charge in [-0.15, -0.1) is 0 Å². The summed E-state index contributed by atoms with van der Waals surface area (Å²) in [5, 5.41) is 12.0. The average molecular weight is 212 g/mol. The van der Waals surface area contributed by atoms with Gasteiger partial charge in [-0.3, -0.25) is 4.79 Å². The lowest BCUT2D eigenvalue weighted by molar-refractivity contribution is -0.141. The Hall–Kier alpha value is -0.610. The molecule has 1 heterocycles. The van der Waals surface area contributed by atoms with Gasteiger partial charge in [0, 0.05) is 32.3 Å². The van der Waals surface area contributed by atoms with Crippen molar-refractivity contribution in [2.24, 2.45) is 5.92 Å². The molecule has 0 radical (unpaired) electrons. The van der Waals surface area contributed by atoms with Gasteiger partial charge in [0.25, 0.3) is 0 Å². The topological polar surface area (TPSA) is 52.6 Å². The van der Waals surface area contributed by atoms with E-state index in [1.807, 2.05) is 4.90 Å². The van der Waals surface area contributed by atoms with E-state index in [0.717, 1.165) is 32.5 Å². The van der Waals surface area contributed by atoms with Gasteiger partial charge < -0.3 is 15.3 Å². The van der Waals surface area contributed by atoms with Gasteiger partial charge in [0.1, 0.15) is 0 Å². The van der Waals surface area contributed by atoms with Crippen molar-refractivity contribution in [3.63, 3.8) is 0 Å². The molecule has 2 fully saturated rings. The van der Waals surface area contributed by atoms with Gasteiger partial charge >= 0.3 is 0 Å². The highest BCUT2D eigenvalue weighted by molar-refractivity contribution is 5.80. The SMILES string of the molecule is O=C(C1CNC1)N(CCCO)C1CCC1. The highest BCUT2D eigenvalue weighted by Crippen LogP contribution is 2.26. The van der Waals surface area contributed by atoms with Crippen molar-refractivity contribution in [1.82, 2.24) is 10.2 Å². The molecule has 1 saturated carbocycles. The number of aliphatic hydroxyl groups is 1. The molecule has 0 aromatic carbocycles. The second-order valence-corrected chi connectivity index (χ2v) is 4.55. The number of amides is 1. The Morgan fingerprint density at radius 3 is 2.53 bits per heavy atom. The molecule has 86 valence electrons. The molecule has 4 heteroatoms. The fourth-order valence-corrected chi connectivity index (χ4v) is 2.11. The van der Waals surface area contributed by atoms with E-state index in [9.17, 15) is 4.79 Å². The van der Waals surface area contributed by atoms with Gasteiger partial charge in [-0.05, 0) is 25.7 Å². The Morgan fingerprint density at radius 1 is 1.40 bits per heavy atom. The fraction of sp³-hybridized carbons (Fsp3) is 0.909. The summed E-state index contributed by atoms with van der Waals surface area (Å²) in [6.45, 7) is 2.58. The van der Waals surface area contributed by atoms with E-state index in [1.165, 1.54) is 6.42 Å². The molecule has 2 rings (SSSR count). The largest absolute Gasteiger partial charge is 0.396 e. The predicted octanol–water partition coefficient (Wildman–Crippen LogP) is -0.0307. The molecular weight excluding hydrogens is 192 g/mol.